The second-order valence-corrected chi connectivity index (χ2v) is 5.07. The number of hydrogen-bond donors (Lipinski definition) is 1. The first kappa shape index (κ1) is 16.4. The lowest BCUT2D eigenvalue weighted by atomic mass is 10.1. The average Bonchev–Trinajstić information content (AvgIpc) is 3.12. The third-order valence-electron chi connectivity index (χ3n) is 3.50. The zero-order chi connectivity index (χ0) is 17.8. The number of methoxy groups -OCH3 is 1. The molecule has 1 N–H and O–H groups in total. The molecule has 6 nitrogen and oxygen atoms in total. The lowest BCUT2D eigenvalue weighted by molar-refractivity contribution is 0.0602. The Balaban J connectivity index is 1.90. The summed E-state index contributed by atoms with van der Waals surface area (Å²) in [6.07, 6.45) is 1.26. The smallest absolute Gasteiger partial charge is 0.339 e. The number of esters is 1. The molecule has 7 heteroatoms. The molecular weight excluding hydrogens is 327 g/mol. The molecule has 0 bridgehead atoms. The van der Waals surface area contributed by atoms with Crippen molar-refractivity contribution in [2.45, 2.75) is 0 Å². The Bertz CT molecular complexity index is 919. The predicted octanol–water partition coefficient (Wildman–Crippen LogP) is 3.52. The van der Waals surface area contributed by atoms with Crippen molar-refractivity contribution in [1.29, 1.82) is 0 Å². The van der Waals surface area contributed by atoms with E-state index in [0.29, 0.717) is 11.3 Å². The van der Waals surface area contributed by atoms with Crippen molar-refractivity contribution < 1.29 is 23.2 Å². The van der Waals surface area contributed by atoms with Gasteiger partial charge in [0.1, 0.15) is 11.4 Å². The van der Waals surface area contributed by atoms with Crippen LogP contribution in [0.2, 0.25) is 0 Å². The molecule has 3 rings (SSSR count). The van der Waals surface area contributed by atoms with Gasteiger partial charge in [0.2, 0.25) is 0 Å². The number of benzene rings is 2. The standard InChI is InChI=1S/C18H13FN2O4/c1-24-18(23)13-4-2-3-5-15(13)21-17(22)14-10-20-25-16(14)11-6-8-12(19)9-7-11/h2-10H,1H3,(H,21,22). The maximum Gasteiger partial charge on any atom is 0.339 e. The van der Waals surface area contributed by atoms with Gasteiger partial charge in [-0.25, -0.2) is 9.18 Å². The summed E-state index contributed by atoms with van der Waals surface area (Å²) in [5.74, 6) is -1.29. The Morgan fingerprint density at radius 3 is 2.52 bits per heavy atom. The van der Waals surface area contributed by atoms with E-state index < -0.39 is 17.7 Å². The molecule has 0 atom stereocenters. The molecule has 25 heavy (non-hydrogen) atoms. The number of anilines is 1. The topological polar surface area (TPSA) is 81.4 Å². The van der Waals surface area contributed by atoms with Crippen LogP contribution in [0.4, 0.5) is 10.1 Å². The van der Waals surface area contributed by atoms with E-state index in [4.69, 9.17) is 9.26 Å². The first-order valence-corrected chi connectivity index (χ1v) is 7.29. The van der Waals surface area contributed by atoms with Gasteiger partial charge in [0, 0.05) is 5.56 Å². The van der Waals surface area contributed by atoms with Gasteiger partial charge < -0.3 is 14.6 Å². The molecule has 3 aromatic rings. The highest BCUT2D eigenvalue weighted by atomic mass is 19.1. The molecule has 2 aromatic carbocycles. The highest BCUT2D eigenvalue weighted by molar-refractivity contribution is 6.10. The molecule has 1 amide bonds. The van der Waals surface area contributed by atoms with Gasteiger partial charge in [0.15, 0.2) is 5.76 Å². The first-order valence-electron chi connectivity index (χ1n) is 7.29. The summed E-state index contributed by atoms with van der Waals surface area (Å²) in [5.41, 5.74) is 1.18. The van der Waals surface area contributed by atoms with Crippen LogP contribution in [0.15, 0.2) is 59.3 Å². The van der Waals surface area contributed by atoms with Gasteiger partial charge in [0.05, 0.1) is 24.6 Å². The number of hydrogen-bond acceptors (Lipinski definition) is 5. The van der Waals surface area contributed by atoms with Crippen LogP contribution in [0.5, 0.6) is 0 Å². The quantitative estimate of drug-likeness (QED) is 0.735. The lowest BCUT2D eigenvalue weighted by Gasteiger charge is -2.09. The Morgan fingerprint density at radius 1 is 1.08 bits per heavy atom. The van der Waals surface area contributed by atoms with Gasteiger partial charge >= 0.3 is 5.97 Å². The normalized spacial score (nSPS) is 10.3. The number of nitrogens with one attached hydrogen (secondary N) is 1. The average molecular weight is 340 g/mol. The number of para-hydroxylation sites is 1. The van der Waals surface area contributed by atoms with Crippen LogP contribution in [-0.4, -0.2) is 24.1 Å². The highest BCUT2D eigenvalue weighted by Gasteiger charge is 2.20. The first-order chi connectivity index (χ1) is 12.1. The van der Waals surface area contributed by atoms with Crippen LogP contribution >= 0.6 is 0 Å². The van der Waals surface area contributed by atoms with E-state index in [9.17, 15) is 14.0 Å². The van der Waals surface area contributed by atoms with Crippen molar-refractivity contribution >= 4 is 17.6 Å². The number of carbonyl (C=O) groups excluding carboxylic acids is 2. The second kappa shape index (κ2) is 6.96. The summed E-state index contributed by atoms with van der Waals surface area (Å²) in [6.45, 7) is 0. The van der Waals surface area contributed by atoms with E-state index in [1.54, 1.807) is 18.2 Å². The molecule has 0 saturated heterocycles. The van der Waals surface area contributed by atoms with Gasteiger partial charge in [0.25, 0.3) is 5.91 Å². The lowest BCUT2D eigenvalue weighted by Crippen LogP contribution is -2.15. The van der Waals surface area contributed by atoms with E-state index in [-0.39, 0.29) is 16.9 Å². The minimum atomic E-state index is -0.569. The van der Waals surface area contributed by atoms with Gasteiger partial charge in [-0.2, -0.15) is 0 Å². The van der Waals surface area contributed by atoms with Crippen molar-refractivity contribution in [3.05, 3.63) is 71.7 Å². The summed E-state index contributed by atoms with van der Waals surface area (Å²) >= 11 is 0. The Hall–Kier alpha value is -3.48. The zero-order valence-electron chi connectivity index (χ0n) is 13.2. The van der Waals surface area contributed by atoms with Gasteiger partial charge in [-0.05, 0) is 36.4 Å². The third-order valence-corrected chi connectivity index (χ3v) is 3.50. The van der Waals surface area contributed by atoms with Crippen LogP contribution in [0.3, 0.4) is 0 Å². The number of ether oxygens (including phenoxy) is 1. The molecule has 1 heterocycles. The van der Waals surface area contributed by atoms with Crippen LogP contribution in [0.25, 0.3) is 11.3 Å². The van der Waals surface area contributed by atoms with E-state index in [1.165, 1.54) is 43.6 Å². The van der Waals surface area contributed by atoms with E-state index >= 15 is 0 Å². The Kier molecular flexibility index (Phi) is 4.56. The maximum atomic E-state index is 13.1. The molecule has 0 saturated carbocycles. The fraction of sp³-hybridized carbons (Fsp3) is 0.0556. The SMILES string of the molecule is COC(=O)c1ccccc1NC(=O)c1cnoc1-c1ccc(F)cc1. The number of nitrogens with zero attached hydrogens (tertiary/aromatic N) is 1. The van der Waals surface area contributed by atoms with Crippen LogP contribution in [0, 0.1) is 5.82 Å². The summed E-state index contributed by atoms with van der Waals surface area (Å²) in [6, 6.07) is 11.9. The molecule has 1 aromatic heterocycles. The molecular formula is C18H13FN2O4. The molecule has 0 unspecified atom stereocenters. The van der Waals surface area contributed by atoms with Gasteiger partial charge in [-0.3, -0.25) is 4.79 Å². The predicted molar refractivity (Wildman–Crippen MR) is 87.6 cm³/mol. The molecule has 0 aliphatic carbocycles. The molecule has 0 aliphatic rings. The zero-order valence-corrected chi connectivity index (χ0v) is 13.2. The van der Waals surface area contributed by atoms with Crippen molar-refractivity contribution in [3.8, 4) is 11.3 Å². The molecule has 126 valence electrons. The molecule has 0 fully saturated rings. The fourth-order valence-electron chi connectivity index (χ4n) is 2.28. The van der Waals surface area contributed by atoms with E-state index in [1.807, 2.05) is 0 Å². The molecule has 0 aliphatic heterocycles. The summed E-state index contributed by atoms with van der Waals surface area (Å²) in [5, 5.41) is 6.27. The Labute approximate surface area is 142 Å². The van der Waals surface area contributed by atoms with Gasteiger partial charge in [-0.15, -0.1) is 0 Å². The summed E-state index contributed by atoms with van der Waals surface area (Å²) in [7, 11) is 1.26. The molecule has 0 radical (unpaired) electrons. The highest BCUT2D eigenvalue weighted by Crippen LogP contribution is 2.25. The number of amides is 1. The summed E-state index contributed by atoms with van der Waals surface area (Å²) in [4.78, 5) is 24.3. The number of aromatic nitrogens is 1. The fourth-order valence-corrected chi connectivity index (χ4v) is 2.28. The summed E-state index contributed by atoms with van der Waals surface area (Å²) < 4.78 is 22.9. The monoisotopic (exact) mass is 340 g/mol. The largest absolute Gasteiger partial charge is 0.465 e. The van der Waals surface area contributed by atoms with Crippen molar-refractivity contribution in [2.75, 3.05) is 12.4 Å². The minimum Gasteiger partial charge on any atom is -0.465 e. The van der Waals surface area contributed by atoms with E-state index in [0.717, 1.165) is 0 Å². The van der Waals surface area contributed by atoms with Crippen molar-refractivity contribution in [1.82, 2.24) is 5.16 Å². The molecule has 0 spiro atoms. The Morgan fingerprint density at radius 2 is 1.80 bits per heavy atom. The number of carbonyl (C=O) groups is 2. The minimum absolute atomic E-state index is 0.159. The number of halogens is 1. The third kappa shape index (κ3) is 3.40. The second-order valence-electron chi connectivity index (χ2n) is 5.07. The van der Waals surface area contributed by atoms with Crippen LogP contribution in [-0.2, 0) is 4.74 Å². The number of rotatable bonds is 4. The van der Waals surface area contributed by atoms with Gasteiger partial charge in [-0.1, -0.05) is 17.3 Å². The van der Waals surface area contributed by atoms with Crippen molar-refractivity contribution in [2.24, 2.45) is 0 Å². The van der Waals surface area contributed by atoms with Crippen molar-refractivity contribution in [3.63, 3.8) is 0 Å². The van der Waals surface area contributed by atoms with Crippen LogP contribution < -0.4 is 5.32 Å². The van der Waals surface area contributed by atoms with E-state index in [2.05, 4.69) is 10.5 Å². The maximum absolute atomic E-state index is 13.1. The van der Waals surface area contributed by atoms with Crippen LogP contribution in [0.1, 0.15) is 20.7 Å².